The highest BCUT2D eigenvalue weighted by atomic mass is 19.4. The van der Waals surface area contributed by atoms with Crippen molar-refractivity contribution in [3.05, 3.63) is 29.3 Å². The summed E-state index contributed by atoms with van der Waals surface area (Å²) >= 11 is 0. The molecule has 1 saturated heterocycles. The van der Waals surface area contributed by atoms with E-state index in [1.807, 2.05) is 0 Å². The van der Waals surface area contributed by atoms with Crippen LogP contribution in [-0.4, -0.2) is 18.0 Å². The number of hydrogen-bond donors (Lipinski definition) is 1. The molecule has 0 saturated carbocycles. The summed E-state index contributed by atoms with van der Waals surface area (Å²) < 4.78 is 39.1. The highest BCUT2D eigenvalue weighted by Gasteiger charge is 2.34. The van der Waals surface area contributed by atoms with E-state index in [0.29, 0.717) is 18.0 Å². The molecule has 0 aliphatic carbocycles. The maximum atomic E-state index is 13.0. The fourth-order valence-electron chi connectivity index (χ4n) is 2.94. The number of likely N-dealkylation sites (tertiary alicyclic amines) is 1. The second-order valence-electron chi connectivity index (χ2n) is 5.59. The zero-order valence-corrected chi connectivity index (χ0v) is 11.7. The van der Waals surface area contributed by atoms with E-state index in [1.54, 1.807) is 6.07 Å². The largest absolute Gasteiger partial charge is 0.416 e. The molecule has 0 bridgehead atoms. The monoisotopic (exact) mass is 286 g/mol. The number of alkyl halides is 3. The summed E-state index contributed by atoms with van der Waals surface area (Å²) in [5.41, 5.74) is 5.36. The molecule has 0 radical (unpaired) electrons. The molecular formula is C15H21F3N2. The smallest absolute Gasteiger partial charge is 0.399 e. The Labute approximate surface area is 117 Å². The van der Waals surface area contributed by atoms with Crippen molar-refractivity contribution in [1.82, 2.24) is 4.90 Å². The van der Waals surface area contributed by atoms with Crippen molar-refractivity contribution >= 4 is 5.69 Å². The summed E-state index contributed by atoms with van der Waals surface area (Å²) in [6.07, 6.45) is -0.962. The predicted molar refractivity (Wildman–Crippen MR) is 74.1 cm³/mol. The van der Waals surface area contributed by atoms with Gasteiger partial charge in [-0.25, -0.2) is 0 Å². The fourth-order valence-corrected chi connectivity index (χ4v) is 2.94. The van der Waals surface area contributed by atoms with Crippen LogP contribution in [0, 0.1) is 5.92 Å². The van der Waals surface area contributed by atoms with Gasteiger partial charge in [-0.3, -0.25) is 4.90 Å². The minimum Gasteiger partial charge on any atom is -0.399 e. The van der Waals surface area contributed by atoms with Gasteiger partial charge in [0.25, 0.3) is 0 Å². The van der Waals surface area contributed by atoms with Gasteiger partial charge in [-0.1, -0.05) is 19.4 Å². The molecule has 1 aromatic rings. The van der Waals surface area contributed by atoms with Crippen molar-refractivity contribution in [3.8, 4) is 0 Å². The molecule has 1 aliphatic heterocycles. The second-order valence-corrected chi connectivity index (χ2v) is 5.59. The molecule has 5 heteroatoms. The van der Waals surface area contributed by atoms with Gasteiger partial charge >= 0.3 is 6.18 Å². The number of nitrogens with two attached hydrogens (primary N) is 1. The van der Waals surface area contributed by atoms with Gasteiger partial charge in [0.2, 0.25) is 0 Å². The Kier molecular flexibility index (Phi) is 4.58. The first-order valence-electron chi connectivity index (χ1n) is 7.08. The number of benzene rings is 1. The van der Waals surface area contributed by atoms with Crippen molar-refractivity contribution < 1.29 is 13.2 Å². The Morgan fingerprint density at radius 1 is 1.35 bits per heavy atom. The summed E-state index contributed by atoms with van der Waals surface area (Å²) in [4.78, 5) is 2.11. The molecule has 1 unspecified atom stereocenters. The lowest BCUT2D eigenvalue weighted by Gasteiger charge is -2.20. The standard InChI is InChI=1S/C15H21F3N2/c1-2-3-11-6-7-20(9-11)10-12-4-5-13(19)8-14(12)15(16,17)18/h4-5,8,11H,2-3,6-7,9-10,19H2,1H3. The van der Waals surface area contributed by atoms with Crippen LogP contribution < -0.4 is 5.73 Å². The molecule has 2 nitrogen and oxygen atoms in total. The Hall–Kier alpha value is -1.23. The molecular weight excluding hydrogens is 265 g/mol. The summed E-state index contributed by atoms with van der Waals surface area (Å²) in [6.45, 7) is 4.28. The van der Waals surface area contributed by atoms with Crippen molar-refractivity contribution in [2.24, 2.45) is 5.92 Å². The molecule has 112 valence electrons. The van der Waals surface area contributed by atoms with Crippen molar-refractivity contribution in [2.75, 3.05) is 18.8 Å². The van der Waals surface area contributed by atoms with Crippen LogP contribution in [0.1, 0.15) is 37.3 Å². The molecule has 2 N–H and O–H groups in total. The minimum atomic E-state index is -4.34. The van der Waals surface area contributed by atoms with Crippen LogP contribution in [0.4, 0.5) is 18.9 Å². The normalized spacial score (nSPS) is 20.5. The van der Waals surface area contributed by atoms with Crippen LogP contribution in [0.15, 0.2) is 18.2 Å². The molecule has 1 heterocycles. The van der Waals surface area contributed by atoms with E-state index in [1.165, 1.54) is 6.07 Å². The Morgan fingerprint density at radius 3 is 2.75 bits per heavy atom. The molecule has 1 aromatic carbocycles. The van der Waals surface area contributed by atoms with Gasteiger partial charge in [-0.05, 0) is 43.0 Å². The zero-order valence-electron chi connectivity index (χ0n) is 11.7. The van der Waals surface area contributed by atoms with Gasteiger partial charge in [0.1, 0.15) is 0 Å². The minimum absolute atomic E-state index is 0.159. The lowest BCUT2D eigenvalue weighted by molar-refractivity contribution is -0.138. The van der Waals surface area contributed by atoms with Crippen molar-refractivity contribution in [1.29, 1.82) is 0 Å². The number of hydrogen-bond acceptors (Lipinski definition) is 2. The summed E-state index contributed by atoms with van der Waals surface area (Å²) in [7, 11) is 0. The quantitative estimate of drug-likeness (QED) is 0.850. The Balaban J connectivity index is 2.10. The fraction of sp³-hybridized carbons (Fsp3) is 0.600. The lowest BCUT2D eigenvalue weighted by atomic mass is 10.0. The van der Waals surface area contributed by atoms with Gasteiger partial charge in [-0.2, -0.15) is 13.2 Å². The summed E-state index contributed by atoms with van der Waals surface area (Å²) in [5.74, 6) is 0.628. The average Bonchev–Trinajstić information content (AvgIpc) is 2.78. The number of nitrogens with zero attached hydrogens (tertiary/aromatic N) is 1. The van der Waals surface area contributed by atoms with Crippen LogP contribution in [0.2, 0.25) is 0 Å². The number of rotatable bonds is 4. The van der Waals surface area contributed by atoms with E-state index in [4.69, 9.17) is 5.73 Å². The molecule has 1 atom stereocenters. The third-order valence-corrected chi connectivity index (χ3v) is 3.90. The summed E-state index contributed by atoms with van der Waals surface area (Å²) in [6, 6.07) is 4.09. The molecule has 2 rings (SSSR count). The van der Waals surface area contributed by atoms with Crippen molar-refractivity contribution in [2.45, 2.75) is 38.9 Å². The van der Waals surface area contributed by atoms with Crippen LogP contribution in [0.25, 0.3) is 0 Å². The molecule has 1 fully saturated rings. The van der Waals surface area contributed by atoms with Crippen LogP contribution in [0.5, 0.6) is 0 Å². The van der Waals surface area contributed by atoms with E-state index in [-0.39, 0.29) is 5.69 Å². The SMILES string of the molecule is CCCC1CCN(Cc2ccc(N)cc2C(F)(F)F)C1. The molecule has 0 aromatic heterocycles. The van der Waals surface area contributed by atoms with E-state index < -0.39 is 11.7 Å². The van der Waals surface area contributed by atoms with Crippen LogP contribution in [-0.2, 0) is 12.7 Å². The topological polar surface area (TPSA) is 29.3 Å². The second kappa shape index (κ2) is 6.04. The van der Waals surface area contributed by atoms with E-state index in [9.17, 15) is 13.2 Å². The zero-order chi connectivity index (χ0) is 14.8. The first-order chi connectivity index (χ1) is 9.40. The Bertz CT molecular complexity index is 457. The number of nitrogen functional groups attached to an aromatic ring is 1. The average molecular weight is 286 g/mol. The predicted octanol–water partition coefficient (Wildman–Crippen LogP) is 3.91. The van der Waals surface area contributed by atoms with E-state index in [2.05, 4.69) is 11.8 Å². The van der Waals surface area contributed by atoms with Crippen LogP contribution in [0.3, 0.4) is 0 Å². The molecule has 0 amide bonds. The first kappa shape index (κ1) is 15.2. The van der Waals surface area contributed by atoms with Gasteiger partial charge in [-0.15, -0.1) is 0 Å². The molecule has 1 aliphatic rings. The first-order valence-corrected chi connectivity index (χ1v) is 7.08. The Morgan fingerprint density at radius 2 is 2.10 bits per heavy atom. The highest BCUT2D eigenvalue weighted by molar-refractivity contribution is 5.46. The van der Waals surface area contributed by atoms with Crippen LogP contribution >= 0.6 is 0 Å². The van der Waals surface area contributed by atoms with Gasteiger partial charge in [0, 0.05) is 18.8 Å². The maximum Gasteiger partial charge on any atom is 0.416 e. The maximum absolute atomic E-state index is 13.0. The molecule has 20 heavy (non-hydrogen) atoms. The summed E-state index contributed by atoms with van der Waals surface area (Å²) in [5, 5.41) is 0. The highest BCUT2D eigenvalue weighted by Crippen LogP contribution is 2.34. The van der Waals surface area contributed by atoms with E-state index in [0.717, 1.165) is 38.4 Å². The third kappa shape index (κ3) is 3.66. The lowest BCUT2D eigenvalue weighted by Crippen LogP contribution is -2.22. The van der Waals surface area contributed by atoms with Gasteiger partial charge < -0.3 is 5.73 Å². The van der Waals surface area contributed by atoms with Gasteiger partial charge in [0.05, 0.1) is 5.56 Å². The third-order valence-electron chi connectivity index (χ3n) is 3.90. The molecule has 0 spiro atoms. The van der Waals surface area contributed by atoms with E-state index >= 15 is 0 Å². The number of anilines is 1. The number of halogens is 3. The van der Waals surface area contributed by atoms with Crippen molar-refractivity contribution in [3.63, 3.8) is 0 Å². The van der Waals surface area contributed by atoms with Gasteiger partial charge in [0.15, 0.2) is 0 Å².